The minimum atomic E-state index is 0.563. The third kappa shape index (κ3) is 1.53. The van der Waals surface area contributed by atoms with E-state index in [9.17, 15) is 0 Å². The van der Waals surface area contributed by atoms with Crippen LogP contribution in [-0.2, 0) is 11.2 Å². The SMILES string of the molecule is c1ccc2c(c1)Cc1c-2cccc1C1CCC2OC2C1. The van der Waals surface area contributed by atoms with Gasteiger partial charge < -0.3 is 4.74 Å². The summed E-state index contributed by atoms with van der Waals surface area (Å²) in [7, 11) is 0. The average Bonchev–Trinajstić information content (AvgIpc) is 3.17. The lowest BCUT2D eigenvalue weighted by molar-refractivity contribution is 0.371. The zero-order valence-corrected chi connectivity index (χ0v) is 11.5. The summed E-state index contributed by atoms with van der Waals surface area (Å²) in [5.41, 5.74) is 7.58. The van der Waals surface area contributed by atoms with E-state index in [2.05, 4.69) is 42.5 Å². The summed E-state index contributed by atoms with van der Waals surface area (Å²) >= 11 is 0. The molecule has 0 amide bonds. The van der Waals surface area contributed by atoms with Crippen LogP contribution in [0.1, 0.15) is 41.9 Å². The highest BCUT2D eigenvalue weighted by Crippen LogP contribution is 2.47. The molecule has 0 radical (unpaired) electrons. The van der Waals surface area contributed by atoms with E-state index in [-0.39, 0.29) is 0 Å². The first-order chi connectivity index (χ1) is 9.90. The van der Waals surface area contributed by atoms with Gasteiger partial charge in [0.05, 0.1) is 12.2 Å². The second-order valence-corrected chi connectivity index (χ2v) is 6.43. The smallest absolute Gasteiger partial charge is 0.0847 e. The van der Waals surface area contributed by atoms with Crippen LogP contribution in [0.3, 0.4) is 0 Å². The fourth-order valence-electron chi connectivity index (χ4n) is 4.25. The van der Waals surface area contributed by atoms with Crippen molar-refractivity contribution >= 4 is 0 Å². The first kappa shape index (κ1) is 11.1. The fourth-order valence-corrected chi connectivity index (χ4v) is 4.25. The molecule has 0 spiro atoms. The molecule has 2 aromatic rings. The number of benzene rings is 2. The molecule has 3 atom stereocenters. The van der Waals surface area contributed by atoms with Gasteiger partial charge >= 0.3 is 0 Å². The highest BCUT2D eigenvalue weighted by atomic mass is 16.6. The van der Waals surface area contributed by atoms with Crippen LogP contribution in [-0.4, -0.2) is 12.2 Å². The number of hydrogen-bond donors (Lipinski definition) is 0. The summed E-state index contributed by atoms with van der Waals surface area (Å²) in [4.78, 5) is 0. The predicted molar refractivity (Wildman–Crippen MR) is 79.9 cm³/mol. The van der Waals surface area contributed by atoms with Crippen molar-refractivity contribution in [2.75, 3.05) is 0 Å². The van der Waals surface area contributed by atoms with Gasteiger partial charge in [-0.2, -0.15) is 0 Å². The minimum absolute atomic E-state index is 0.563. The van der Waals surface area contributed by atoms with Crippen molar-refractivity contribution in [1.29, 1.82) is 0 Å². The maximum Gasteiger partial charge on any atom is 0.0847 e. The van der Waals surface area contributed by atoms with Crippen LogP contribution in [0, 0.1) is 0 Å². The molecule has 3 aliphatic rings. The maximum absolute atomic E-state index is 5.71. The number of fused-ring (bicyclic) bond motifs is 4. The van der Waals surface area contributed by atoms with Crippen LogP contribution in [0.15, 0.2) is 42.5 Å². The Balaban J connectivity index is 1.59. The third-order valence-corrected chi connectivity index (χ3v) is 5.33. The van der Waals surface area contributed by atoms with Gasteiger partial charge in [0.25, 0.3) is 0 Å². The van der Waals surface area contributed by atoms with Crippen LogP contribution in [0.25, 0.3) is 11.1 Å². The summed E-state index contributed by atoms with van der Waals surface area (Å²) < 4.78 is 5.71. The molecule has 1 heterocycles. The summed E-state index contributed by atoms with van der Waals surface area (Å²) in [6.45, 7) is 0. The molecule has 1 saturated carbocycles. The number of epoxide rings is 1. The van der Waals surface area contributed by atoms with Crippen molar-refractivity contribution in [2.45, 2.75) is 43.8 Å². The van der Waals surface area contributed by atoms with E-state index in [0.717, 1.165) is 6.42 Å². The van der Waals surface area contributed by atoms with E-state index in [1.54, 1.807) is 11.1 Å². The minimum Gasteiger partial charge on any atom is -0.370 e. The molecule has 20 heavy (non-hydrogen) atoms. The van der Waals surface area contributed by atoms with Gasteiger partial charge in [-0.25, -0.2) is 0 Å². The van der Waals surface area contributed by atoms with Crippen molar-refractivity contribution in [3.63, 3.8) is 0 Å². The van der Waals surface area contributed by atoms with Crippen molar-refractivity contribution in [1.82, 2.24) is 0 Å². The quantitative estimate of drug-likeness (QED) is 0.596. The topological polar surface area (TPSA) is 12.5 Å². The maximum atomic E-state index is 5.71. The first-order valence-electron chi connectivity index (χ1n) is 7.75. The van der Waals surface area contributed by atoms with Gasteiger partial charge in [0.2, 0.25) is 0 Å². The Morgan fingerprint density at radius 2 is 1.75 bits per heavy atom. The number of hydrogen-bond acceptors (Lipinski definition) is 1. The summed E-state index contributed by atoms with van der Waals surface area (Å²) in [6.07, 6.45) is 6.07. The largest absolute Gasteiger partial charge is 0.370 e. The molecule has 2 aromatic carbocycles. The zero-order chi connectivity index (χ0) is 13.1. The molecular weight excluding hydrogens is 244 g/mol. The van der Waals surface area contributed by atoms with Crippen molar-refractivity contribution in [2.24, 2.45) is 0 Å². The molecule has 3 unspecified atom stereocenters. The van der Waals surface area contributed by atoms with Gasteiger partial charge in [-0.15, -0.1) is 0 Å². The first-order valence-corrected chi connectivity index (χ1v) is 7.75. The van der Waals surface area contributed by atoms with Crippen molar-refractivity contribution < 1.29 is 4.74 Å². The molecule has 2 fully saturated rings. The van der Waals surface area contributed by atoms with Gasteiger partial charge in [-0.05, 0) is 59.4 Å². The van der Waals surface area contributed by atoms with Gasteiger partial charge in [0.15, 0.2) is 0 Å². The Kier molecular flexibility index (Phi) is 2.20. The molecule has 1 nitrogen and oxygen atoms in total. The van der Waals surface area contributed by atoms with Crippen LogP contribution in [0.5, 0.6) is 0 Å². The standard InChI is InChI=1S/C19H18O/c1-2-5-14-12(4-1)10-17-15(6-3-7-16(14)17)13-8-9-18-19(11-13)20-18/h1-7,13,18-19H,8-11H2. The van der Waals surface area contributed by atoms with Crippen molar-refractivity contribution in [3.05, 3.63) is 59.2 Å². The molecule has 2 aliphatic carbocycles. The Morgan fingerprint density at radius 1 is 0.850 bits per heavy atom. The molecule has 0 bridgehead atoms. The highest BCUT2D eigenvalue weighted by Gasteiger charge is 2.44. The molecule has 1 heteroatoms. The van der Waals surface area contributed by atoms with E-state index >= 15 is 0 Å². The third-order valence-electron chi connectivity index (χ3n) is 5.33. The summed E-state index contributed by atoms with van der Waals surface area (Å²) in [6, 6.07) is 15.8. The van der Waals surface area contributed by atoms with E-state index in [1.165, 1.54) is 36.0 Å². The molecule has 0 aromatic heterocycles. The molecule has 1 aliphatic heterocycles. The Labute approximate surface area is 119 Å². The van der Waals surface area contributed by atoms with Crippen LogP contribution in [0.4, 0.5) is 0 Å². The average molecular weight is 262 g/mol. The van der Waals surface area contributed by atoms with E-state index in [1.807, 2.05) is 0 Å². The molecular formula is C19H18O. The molecule has 1 saturated heterocycles. The molecule has 0 N–H and O–H groups in total. The second-order valence-electron chi connectivity index (χ2n) is 6.43. The van der Waals surface area contributed by atoms with Crippen LogP contribution >= 0.6 is 0 Å². The molecule has 100 valence electrons. The number of rotatable bonds is 1. The van der Waals surface area contributed by atoms with E-state index < -0.39 is 0 Å². The Bertz CT molecular complexity index is 688. The Morgan fingerprint density at radius 3 is 2.70 bits per heavy atom. The fraction of sp³-hybridized carbons (Fsp3) is 0.368. The number of ether oxygens (including phenoxy) is 1. The molecule has 5 rings (SSSR count). The van der Waals surface area contributed by atoms with E-state index in [0.29, 0.717) is 18.1 Å². The van der Waals surface area contributed by atoms with Gasteiger partial charge in [-0.3, -0.25) is 0 Å². The van der Waals surface area contributed by atoms with Crippen molar-refractivity contribution in [3.8, 4) is 11.1 Å². The predicted octanol–water partition coefficient (Wildman–Crippen LogP) is 4.29. The normalized spacial score (nSPS) is 29.5. The lowest BCUT2D eigenvalue weighted by Gasteiger charge is -2.22. The lowest BCUT2D eigenvalue weighted by atomic mass is 9.81. The van der Waals surface area contributed by atoms with Crippen LogP contribution < -0.4 is 0 Å². The van der Waals surface area contributed by atoms with Gasteiger partial charge in [0.1, 0.15) is 0 Å². The zero-order valence-electron chi connectivity index (χ0n) is 11.5. The van der Waals surface area contributed by atoms with Gasteiger partial charge in [-0.1, -0.05) is 42.5 Å². The lowest BCUT2D eigenvalue weighted by Crippen LogP contribution is -2.13. The summed E-state index contributed by atoms with van der Waals surface area (Å²) in [5, 5.41) is 0. The van der Waals surface area contributed by atoms with Crippen LogP contribution in [0.2, 0.25) is 0 Å². The Hall–Kier alpha value is -1.60. The second kappa shape index (κ2) is 3.95. The van der Waals surface area contributed by atoms with Gasteiger partial charge in [0, 0.05) is 0 Å². The highest BCUT2D eigenvalue weighted by molar-refractivity contribution is 5.78. The summed E-state index contributed by atoms with van der Waals surface area (Å²) in [5.74, 6) is 0.711. The monoisotopic (exact) mass is 262 g/mol. The van der Waals surface area contributed by atoms with E-state index in [4.69, 9.17) is 4.74 Å².